The highest BCUT2D eigenvalue weighted by Crippen LogP contribution is 2.28. The first-order valence-corrected chi connectivity index (χ1v) is 8.76. The first kappa shape index (κ1) is 15.2. The molecule has 0 atom stereocenters. The van der Waals surface area contributed by atoms with Gasteiger partial charge in [0.15, 0.2) is 0 Å². The van der Waals surface area contributed by atoms with Gasteiger partial charge in [-0.3, -0.25) is 4.90 Å². The summed E-state index contributed by atoms with van der Waals surface area (Å²) >= 11 is 0. The van der Waals surface area contributed by atoms with Gasteiger partial charge in [0.05, 0.1) is 11.4 Å². The number of pyridine rings is 1. The normalized spacial score (nSPS) is 15.9. The predicted octanol–water partition coefficient (Wildman–Crippen LogP) is 3.88. The van der Waals surface area contributed by atoms with Crippen LogP contribution in [0.25, 0.3) is 16.9 Å². The molecule has 0 unspecified atom stereocenters. The van der Waals surface area contributed by atoms with Crippen molar-refractivity contribution in [2.24, 2.45) is 0 Å². The van der Waals surface area contributed by atoms with Gasteiger partial charge in [0.25, 0.3) is 0 Å². The first-order valence-electron chi connectivity index (χ1n) is 8.76. The first-order chi connectivity index (χ1) is 11.7. The lowest BCUT2D eigenvalue weighted by molar-refractivity contribution is 0.218. The highest BCUT2D eigenvalue weighted by molar-refractivity contribution is 5.69. The number of hydrogen-bond donors (Lipinski definition) is 1. The van der Waals surface area contributed by atoms with Crippen LogP contribution in [0.15, 0.2) is 42.6 Å². The Morgan fingerprint density at radius 2 is 1.92 bits per heavy atom. The second-order valence-corrected chi connectivity index (χ2v) is 6.80. The molecule has 0 saturated carbocycles. The quantitative estimate of drug-likeness (QED) is 0.745. The van der Waals surface area contributed by atoms with E-state index in [1.807, 2.05) is 18.2 Å². The SMILES string of the molecule is Cc1ccc2nc(-c3cccc(N)c3)c(CN3CCCCC3)n2c1. The van der Waals surface area contributed by atoms with Crippen molar-refractivity contribution in [3.63, 3.8) is 0 Å². The maximum Gasteiger partial charge on any atom is 0.137 e. The Morgan fingerprint density at radius 1 is 1.08 bits per heavy atom. The Labute approximate surface area is 142 Å². The molecule has 24 heavy (non-hydrogen) atoms. The fraction of sp³-hybridized carbons (Fsp3) is 0.350. The predicted molar refractivity (Wildman–Crippen MR) is 98.9 cm³/mol. The van der Waals surface area contributed by atoms with E-state index < -0.39 is 0 Å². The zero-order chi connectivity index (χ0) is 16.5. The average molecular weight is 320 g/mol. The Balaban J connectivity index is 1.83. The maximum atomic E-state index is 6.00. The highest BCUT2D eigenvalue weighted by Gasteiger charge is 2.18. The molecule has 1 aliphatic rings. The van der Waals surface area contributed by atoms with Crippen molar-refractivity contribution in [2.45, 2.75) is 32.7 Å². The summed E-state index contributed by atoms with van der Waals surface area (Å²) in [6.45, 7) is 5.42. The van der Waals surface area contributed by atoms with E-state index in [1.165, 1.54) is 43.6 Å². The molecule has 1 fully saturated rings. The number of anilines is 1. The van der Waals surface area contributed by atoms with Gasteiger partial charge in [-0.15, -0.1) is 0 Å². The van der Waals surface area contributed by atoms with E-state index in [2.05, 4.69) is 40.6 Å². The summed E-state index contributed by atoms with van der Waals surface area (Å²) in [4.78, 5) is 7.46. The van der Waals surface area contributed by atoms with Crippen LogP contribution in [0, 0.1) is 6.92 Å². The molecule has 0 aliphatic carbocycles. The zero-order valence-electron chi connectivity index (χ0n) is 14.2. The van der Waals surface area contributed by atoms with Crippen molar-refractivity contribution in [2.75, 3.05) is 18.8 Å². The molecule has 3 aromatic rings. The van der Waals surface area contributed by atoms with Crippen LogP contribution < -0.4 is 5.73 Å². The molecule has 3 heterocycles. The Kier molecular flexibility index (Phi) is 3.98. The summed E-state index contributed by atoms with van der Waals surface area (Å²) < 4.78 is 2.25. The number of hydrogen-bond acceptors (Lipinski definition) is 3. The van der Waals surface area contributed by atoms with Crippen LogP contribution in [0.3, 0.4) is 0 Å². The van der Waals surface area contributed by atoms with Crippen LogP contribution >= 0.6 is 0 Å². The van der Waals surface area contributed by atoms with Gasteiger partial charge in [0.2, 0.25) is 0 Å². The molecule has 0 spiro atoms. The third-order valence-electron chi connectivity index (χ3n) is 4.85. The number of nitrogen functional groups attached to an aromatic ring is 1. The molecule has 0 bridgehead atoms. The molecule has 0 radical (unpaired) electrons. The minimum absolute atomic E-state index is 0.782. The lowest BCUT2D eigenvalue weighted by Gasteiger charge is -2.26. The molecule has 4 rings (SSSR count). The Bertz CT molecular complexity index is 859. The van der Waals surface area contributed by atoms with E-state index in [0.717, 1.165) is 29.1 Å². The Morgan fingerprint density at radius 3 is 2.71 bits per heavy atom. The summed E-state index contributed by atoms with van der Waals surface area (Å²) in [7, 11) is 0. The fourth-order valence-corrected chi connectivity index (χ4v) is 3.60. The van der Waals surface area contributed by atoms with Crippen molar-refractivity contribution in [1.29, 1.82) is 0 Å². The molecule has 1 aliphatic heterocycles. The molecular formula is C20H24N4. The number of nitrogens with zero attached hydrogens (tertiary/aromatic N) is 3. The number of imidazole rings is 1. The average Bonchev–Trinajstić information content (AvgIpc) is 2.94. The molecule has 4 nitrogen and oxygen atoms in total. The van der Waals surface area contributed by atoms with Gasteiger partial charge in [-0.25, -0.2) is 4.98 Å². The van der Waals surface area contributed by atoms with E-state index >= 15 is 0 Å². The minimum Gasteiger partial charge on any atom is -0.399 e. The number of aromatic nitrogens is 2. The van der Waals surface area contributed by atoms with Crippen LogP contribution in [-0.4, -0.2) is 27.4 Å². The van der Waals surface area contributed by atoms with Crippen LogP contribution in [0.2, 0.25) is 0 Å². The van der Waals surface area contributed by atoms with E-state index in [4.69, 9.17) is 10.7 Å². The van der Waals surface area contributed by atoms with Gasteiger partial charge in [0.1, 0.15) is 5.65 Å². The fourth-order valence-electron chi connectivity index (χ4n) is 3.60. The second-order valence-electron chi connectivity index (χ2n) is 6.80. The third kappa shape index (κ3) is 2.89. The van der Waals surface area contributed by atoms with Gasteiger partial charge in [0, 0.05) is 24.0 Å². The highest BCUT2D eigenvalue weighted by atomic mass is 15.2. The van der Waals surface area contributed by atoms with Crippen LogP contribution in [0.1, 0.15) is 30.5 Å². The number of rotatable bonds is 3. The molecule has 2 N–H and O–H groups in total. The molecular weight excluding hydrogens is 296 g/mol. The summed E-state index contributed by atoms with van der Waals surface area (Å²) in [5.74, 6) is 0. The minimum atomic E-state index is 0.782. The molecule has 124 valence electrons. The van der Waals surface area contributed by atoms with E-state index in [1.54, 1.807) is 0 Å². The number of piperidine rings is 1. The number of fused-ring (bicyclic) bond motifs is 1. The van der Waals surface area contributed by atoms with Crippen LogP contribution in [-0.2, 0) is 6.54 Å². The third-order valence-corrected chi connectivity index (χ3v) is 4.85. The molecule has 2 aromatic heterocycles. The van der Waals surface area contributed by atoms with E-state index in [9.17, 15) is 0 Å². The van der Waals surface area contributed by atoms with Crippen molar-refractivity contribution in [3.8, 4) is 11.3 Å². The molecule has 1 aromatic carbocycles. The standard InChI is InChI=1S/C20H24N4/c1-15-8-9-19-22-20(16-6-5-7-17(21)12-16)18(24(19)13-15)14-23-10-3-2-4-11-23/h5-9,12-13H,2-4,10-11,14,21H2,1H3. The van der Waals surface area contributed by atoms with Crippen molar-refractivity contribution >= 4 is 11.3 Å². The summed E-state index contributed by atoms with van der Waals surface area (Å²) in [5, 5.41) is 0. The van der Waals surface area contributed by atoms with Gasteiger partial charge in [-0.1, -0.05) is 24.6 Å². The van der Waals surface area contributed by atoms with Crippen LogP contribution in [0.5, 0.6) is 0 Å². The summed E-state index contributed by atoms with van der Waals surface area (Å²) in [6.07, 6.45) is 6.13. The van der Waals surface area contributed by atoms with Crippen molar-refractivity contribution in [3.05, 3.63) is 53.9 Å². The topological polar surface area (TPSA) is 46.6 Å². The maximum absolute atomic E-state index is 6.00. The number of aryl methyl sites for hydroxylation is 1. The molecule has 0 amide bonds. The lowest BCUT2D eigenvalue weighted by Crippen LogP contribution is -2.29. The van der Waals surface area contributed by atoms with Gasteiger partial charge < -0.3 is 10.1 Å². The Hall–Kier alpha value is -2.33. The van der Waals surface area contributed by atoms with E-state index in [0.29, 0.717) is 0 Å². The number of nitrogens with two attached hydrogens (primary N) is 1. The zero-order valence-corrected chi connectivity index (χ0v) is 14.2. The van der Waals surface area contributed by atoms with Gasteiger partial charge in [-0.2, -0.15) is 0 Å². The van der Waals surface area contributed by atoms with E-state index in [-0.39, 0.29) is 0 Å². The van der Waals surface area contributed by atoms with Crippen LogP contribution in [0.4, 0.5) is 5.69 Å². The number of benzene rings is 1. The summed E-state index contributed by atoms with van der Waals surface area (Å²) in [6, 6.07) is 12.3. The lowest BCUT2D eigenvalue weighted by atomic mass is 10.1. The number of likely N-dealkylation sites (tertiary alicyclic amines) is 1. The second kappa shape index (κ2) is 6.29. The smallest absolute Gasteiger partial charge is 0.137 e. The van der Waals surface area contributed by atoms with Crippen molar-refractivity contribution < 1.29 is 0 Å². The largest absolute Gasteiger partial charge is 0.399 e. The van der Waals surface area contributed by atoms with Gasteiger partial charge >= 0.3 is 0 Å². The molecule has 4 heteroatoms. The van der Waals surface area contributed by atoms with Crippen molar-refractivity contribution in [1.82, 2.24) is 14.3 Å². The summed E-state index contributed by atoms with van der Waals surface area (Å²) in [5.41, 5.74) is 12.5. The van der Waals surface area contributed by atoms with Gasteiger partial charge in [-0.05, 0) is 56.6 Å². The monoisotopic (exact) mass is 320 g/mol. The molecule has 1 saturated heterocycles.